The third-order valence-electron chi connectivity index (χ3n) is 2.78. The van der Waals surface area contributed by atoms with E-state index in [0.717, 1.165) is 6.42 Å². The van der Waals surface area contributed by atoms with Gasteiger partial charge in [-0.2, -0.15) is 0 Å². The largest absolute Gasteiger partial charge is 0.366 e. The lowest BCUT2D eigenvalue weighted by molar-refractivity contribution is -0.0725. The summed E-state index contributed by atoms with van der Waals surface area (Å²) in [6.07, 6.45) is 0.481. The van der Waals surface area contributed by atoms with Crippen molar-refractivity contribution in [3.8, 4) is 0 Å². The molecule has 0 fully saturated rings. The van der Waals surface area contributed by atoms with Crippen LogP contribution in [0.3, 0.4) is 0 Å². The molecule has 0 aliphatic rings. The average molecular weight is 225 g/mol. The molecule has 1 unspecified atom stereocenters. The van der Waals surface area contributed by atoms with Crippen molar-refractivity contribution in [2.75, 3.05) is 6.54 Å². The van der Waals surface area contributed by atoms with Gasteiger partial charge in [-0.1, -0.05) is 25.1 Å². The predicted octanol–water partition coefficient (Wildman–Crippen LogP) is 3.03. The zero-order valence-corrected chi connectivity index (χ0v) is 10.2. The molecule has 0 aliphatic heterocycles. The Morgan fingerprint density at radius 1 is 1.38 bits per heavy atom. The highest BCUT2D eigenvalue weighted by Crippen LogP contribution is 2.26. The second-order valence-corrected chi connectivity index (χ2v) is 4.48. The summed E-state index contributed by atoms with van der Waals surface area (Å²) in [6.45, 7) is 6.28. The van der Waals surface area contributed by atoms with Crippen LogP contribution < -0.4 is 5.73 Å². The summed E-state index contributed by atoms with van der Waals surface area (Å²) in [5, 5.41) is 0. The molecule has 0 aromatic heterocycles. The average Bonchev–Trinajstić information content (AvgIpc) is 2.27. The quantitative estimate of drug-likeness (QED) is 0.836. The van der Waals surface area contributed by atoms with Crippen molar-refractivity contribution in [2.45, 2.75) is 38.9 Å². The van der Waals surface area contributed by atoms with Gasteiger partial charge in [0, 0.05) is 12.1 Å². The van der Waals surface area contributed by atoms with Crippen molar-refractivity contribution in [2.24, 2.45) is 5.73 Å². The number of hydrogen-bond acceptors (Lipinski definition) is 2. The van der Waals surface area contributed by atoms with Crippen molar-refractivity contribution in [1.82, 2.24) is 0 Å². The first kappa shape index (κ1) is 13.1. The standard InChI is InChI=1S/C13H20FNO/c1-4-13(2,3)16-12(9-15)10-7-5-6-8-11(10)14/h5-8,12H,4,9,15H2,1-3H3. The molecule has 0 amide bonds. The SMILES string of the molecule is CCC(C)(C)OC(CN)c1ccccc1F. The highest BCUT2D eigenvalue weighted by molar-refractivity contribution is 5.20. The fourth-order valence-corrected chi connectivity index (χ4v) is 1.44. The van der Waals surface area contributed by atoms with E-state index in [2.05, 4.69) is 0 Å². The molecule has 0 radical (unpaired) electrons. The van der Waals surface area contributed by atoms with Gasteiger partial charge in [0.1, 0.15) is 5.82 Å². The maximum atomic E-state index is 13.6. The molecular formula is C13H20FNO. The van der Waals surface area contributed by atoms with Gasteiger partial charge in [-0.25, -0.2) is 4.39 Å². The van der Waals surface area contributed by atoms with E-state index in [1.54, 1.807) is 18.2 Å². The van der Waals surface area contributed by atoms with E-state index in [4.69, 9.17) is 10.5 Å². The van der Waals surface area contributed by atoms with E-state index in [9.17, 15) is 4.39 Å². The lowest BCUT2D eigenvalue weighted by Crippen LogP contribution is -2.29. The molecule has 0 heterocycles. The topological polar surface area (TPSA) is 35.2 Å². The van der Waals surface area contributed by atoms with Gasteiger partial charge in [-0.05, 0) is 26.3 Å². The fourth-order valence-electron chi connectivity index (χ4n) is 1.44. The summed E-state index contributed by atoms with van der Waals surface area (Å²) in [6, 6.07) is 6.61. The first-order chi connectivity index (χ1) is 7.50. The first-order valence-corrected chi connectivity index (χ1v) is 5.62. The Morgan fingerprint density at radius 2 is 2.00 bits per heavy atom. The van der Waals surface area contributed by atoms with Crippen LogP contribution in [0, 0.1) is 5.82 Å². The normalized spacial score (nSPS) is 13.8. The monoisotopic (exact) mass is 225 g/mol. The van der Waals surface area contributed by atoms with Gasteiger partial charge < -0.3 is 10.5 Å². The smallest absolute Gasteiger partial charge is 0.129 e. The summed E-state index contributed by atoms with van der Waals surface area (Å²) >= 11 is 0. The minimum absolute atomic E-state index is 0.259. The summed E-state index contributed by atoms with van der Waals surface area (Å²) in [5.74, 6) is -0.259. The zero-order chi connectivity index (χ0) is 12.2. The molecule has 1 atom stereocenters. The van der Waals surface area contributed by atoms with E-state index in [-0.39, 0.29) is 24.1 Å². The second-order valence-electron chi connectivity index (χ2n) is 4.48. The zero-order valence-electron chi connectivity index (χ0n) is 10.2. The van der Waals surface area contributed by atoms with Gasteiger partial charge >= 0.3 is 0 Å². The lowest BCUT2D eigenvalue weighted by Gasteiger charge is -2.29. The van der Waals surface area contributed by atoms with Crippen LogP contribution in [-0.2, 0) is 4.74 Å². The van der Waals surface area contributed by atoms with Gasteiger partial charge in [0.15, 0.2) is 0 Å². The molecule has 0 saturated heterocycles. The molecule has 2 N–H and O–H groups in total. The lowest BCUT2D eigenvalue weighted by atomic mass is 10.0. The molecule has 16 heavy (non-hydrogen) atoms. The minimum atomic E-state index is -0.379. The van der Waals surface area contributed by atoms with Crippen molar-refractivity contribution < 1.29 is 9.13 Å². The maximum Gasteiger partial charge on any atom is 0.129 e. The van der Waals surface area contributed by atoms with Gasteiger partial charge in [-0.3, -0.25) is 0 Å². The Morgan fingerprint density at radius 3 is 2.50 bits per heavy atom. The van der Waals surface area contributed by atoms with Crippen molar-refractivity contribution in [3.05, 3.63) is 35.6 Å². The number of ether oxygens (including phenoxy) is 1. The highest BCUT2D eigenvalue weighted by atomic mass is 19.1. The second kappa shape index (κ2) is 5.41. The Kier molecular flexibility index (Phi) is 4.44. The fraction of sp³-hybridized carbons (Fsp3) is 0.538. The Balaban J connectivity index is 2.87. The van der Waals surface area contributed by atoms with Gasteiger partial charge in [-0.15, -0.1) is 0 Å². The summed E-state index contributed by atoms with van der Waals surface area (Å²) in [4.78, 5) is 0. The number of nitrogens with two attached hydrogens (primary N) is 1. The minimum Gasteiger partial charge on any atom is -0.366 e. The molecule has 0 saturated carbocycles. The van der Waals surface area contributed by atoms with Crippen LogP contribution in [0.2, 0.25) is 0 Å². The molecule has 1 rings (SSSR count). The van der Waals surface area contributed by atoms with Crippen LogP contribution in [-0.4, -0.2) is 12.1 Å². The summed E-state index contributed by atoms with van der Waals surface area (Å²) < 4.78 is 19.4. The van der Waals surface area contributed by atoms with Gasteiger partial charge in [0.05, 0.1) is 11.7 Å². The molecule has 90 valence electrons. The molecular weight excluding hydrogens is 205 g/mol. The van der Waals surface area contributed by atoms with Crippen LogP contribution in [0.15, 0.2) is 24.3 Å². The van der Waals surface area contributed by atoms with Crippen LogP contribution in [0.4, 0.5) is 4.39 Å². The summed E-state index contributed by atoms with van der Waals surface area (Å²) in [7, 11) is 0. The highest BCUT2D eigenvalue weighted by Gasteiger charge is 2.23. The van der Waals surface area contributed by atoms with E-state index in [1.165, 1.54) is 6.07 Å². The molecule has 1 aromatic rings. The Bertz CT molecular complexity index is 338. The van der Waals surface area contributed by atoms with Crippen LogP contribution in [0.25, 0.3) is 0 Å². The first-order valence-electron chi connectivity index (χ1n) is 5.62. The van der Waals surface area contributed by atoms with E-state index in [1.807, 2.05) is 20.8 Å². The number of halogens is 1. The van der Waals surface area contributed by atoms with E-state index < -0.39 is 0 Å². The Hall–Kier alpha value is -0.930. The maximum absolute atomic E-state index is 13.6. The van der Waals surface area contributed by atoms with Gasteiger partial charge in [0.25, 0.3) is 0 Å². The number of benzene rings is 1. The van der Waals surface area contributed by atoms with Crippen molar-refractivity contribution in [3.63, 3.8) is 0 Å². The third-order valence-corrected chi connectivity index (χ3v) is 2.78. The van der Waals surface area contributed by atoms with Crippen LogP contribution >= 0.6 is 0 Å². The van der Waals surface area contributed by atoms with Crippen LogP contribution in [0.1, 0.15) is 38.9 Å². The summed E-state index contributed by atoms with van der Waals surface area (Å²) in [5.41, 5.74) is 5.89. The Labute approximate surface area is 96.6 Å². The molecule has 0 aliphatic carbocycles. The predicted molar refractivity (Wildman–Crippen MR) is 63.7 cm³/mol. The number of hydrogen-bond donors (Lipinski definition) is 1. The molecule has 3 heteroatoms. The van der Waals surface area contributed by atoms with Crippen molar-refractivity contribution in [1.29, 1.82) is 0 Å². The van der Waals surface area contributed by atoms with Gasteiger partial charge in [0.2, 0.25) is 0 Å². The third kappa shape index (κ3) is 3.29. The van der Waals surface area contributed by atoms with Crippen molar-refractivity contribution >= 4 is 0 Å². The number of rotatable bonds is 5. The molecule has 0 spiro atoms. The van der Waals surface area contributed by atoms with E-state index in [0.29, 0.717) is 5.56 Å². The van der Waals surface area contributed by atoms with Crippen LogP contribution in [0.5, 0.6) is 0 Å². The molecule has 0 bridgehead atoms. The molecule has 1 aromatic carbocycles. The molecule has 2 nitrogen and oxygen atoms in total. The van der Waals surface area contributed by atoms with E-state index >= 15 is 0 Å².